The van der Waals surface area contributed by atoms with Gasteiger partial charge < -0.3 is 15.1 Å². The van der Waals surface area contributed by atoms with Crippen LogP contribution in [0.2, 0.25) is 5.02 Å². The highest BCUT2D eigenvalue weighted by molar-refractivity contribution is 6.30. The lowest BCUT2D eigenvalue weighted by Crippen LogP contribution is -2.46. The molecule has 3 heterocycles. The van der Waals surface area contributed by atoms with Crippen molar-refractivity contribution in [3.05, 3.63) is 59.4 Å². The zero-order valence-corrected chi connectivity index (χ0v) is 16.2. The van der Waals surface area contributed by atoms with Crippen molar-refractivity contribution >= 4 is 17.5 Å². The summed E-state index contributed by atoms with van der Waals surface area (Å²) in [6, 6.07) is 12.7. The Morgan fingerprint density at radius 3 is 2.82 bits per heavy atom. The summed E-state index contributed by atoms with van der Waals surface area (Å²) in [6.07, 6.45) is 1.60. The van der Waals surface area contributed by atoms with E-state index in [1.165, 1.54) is 0 Å². The van der Waals surface area contributed by atoms with Gasteiger partial charge in [-0.15, -0.1) is 0 Å². The minimum absolute atomic E-state index is 0.205. The molecule has 0 spiro atoms. The number of carbonyl (C=O) groups is 1. The number of rotatable bonds is 6. The third-order valence-electron chi connectivity index (χ3n) is 4.69. The van der Waals surface area contributed by atoms with Crippen LogP contribution >= 0.6 is 11.6 Å². The van der Waals surface area contributed by atoms with Crippen molar-refractivity contribution in [2.24, 2.45) is 0 Å². The van der Waals surface area contributed by atoms with Gasteiger partial charge >= 0.3 is 0 Å². The fourth-order valence-corrected chi connectivity index (χ4v) is 3.43. The number of nitrogens with zero attached hydrogens (tertiary/aromatic N) is 3. The Labute approximate surface area is 168 Å². The van der Waals surface area contributed by atoms with Crippen molar-refractivity contribution < 1.29 is 9.21 Å². The van der Waals surface area contributed by atoms with E-state index in [0.717, 1.165) is 38.4 Å². The molecule has 1 fully saturated rings. The van der Waals surface area contributed by atoms with E-state index in [-0.39, 0.29) is 5.91 Å². The first-order valence-electron chi connectivity index (χ1n) is 9.32. The fraction of sp³-hybridized carbons (Fsp3) is 0.300. The first-order chi connectivity index (χ1) is 13.7. The van der Waals surface area contributed by atoms with Gasteiger partial charge in [-0.1, -0.05) is 17.7 Å². The fourth-order valence-electron chi connectivity index (χ4n) is 3.25. The zero-order chi connectivity index (χ0) is 19.3. The van der Waals surface area contributed by atoms with Crippen LogP contribution in [0, 0.1) is 0 Å². The molecule has 8 heteroatoms. The molecule has 0 unspecified atom stereocenters. The number of furan rings is 1. The maximum absolute atomic E-state index is 12.6. The minimum Gasteiger partial charge on any atom is -0.463 e. The second-order valence-electron chi connectivity index (χ2n) is 6.63. The SMILES string of the molecule is O=C(NCCN1CCNCC1)c1cc(-c2ccco2)n(-c2cccc(Cl)c2)n1. The van der Waals surface area contributed by atoms with Crippen LogP contribution in [0.25, 0.3) is 17.1 Å². The van der Waals surface area contributed by atoms with Gasteiger partial charge in [0, 0.05) is 50.4 Å². The van der Waals surface area contributed by atoms with Crippen LogP contribution in [0.15, 0.2) is 53.1 Å². The maximum Gasteiger partial charge on any atom is 0.271 e. The molecular formula is C20H22ClN5O2. The topological polar surface area (TPSA) is 75.3 Å². The van der Waals surface area contributed by atoms with Gasteiger partial charge in [0.2, 0.25) is 0 Å². The number of aromatic nitrogens is 2. The molecule has 1 aromatic carbocycles. The Morgan fingerprint density at radius 2 is 2.07 bits per heavy atom. The van der Waals surface area contributed by atoms with E-state index in [4.69, 9.17) is 16.0 Å². The third-order valence-corrected chi connectivity index (χ3v) is 4.93. The van der Waals surface area contributed by atoms with Gasteiger partial charge in [-0.05, 0) is 30.3 Å². The van der Waals surface area contributed by atoms with Crippen LogP contribution in [0.1, 0.15) is 10.5 Å². The van der Waals surface area contributed by atoms with Crippen molar-refractivity contribution in [1.82, 2.24) is 25.3 Å². The third kappa shape index (κ3) is 4.27. The summed E-state index contributed by atoms with van der Waals surface area (Å²) >= 11 is 6.13. The predicted octanol–water partition coefficient (Wildman–Crippen LogP) is 2.42. The molecule has 0 atom stereocenters. The highest BCUT2D eigenvalue weighted by Crippen LogP contribution is 2.25. The molecular weight excluding hydrogens is 378 g/mol. The Hall–Kier alpha value is -2.61. The molecule has 146 valence electrons. The van der Waals surface area contributed by atoms with E-state index < -0.39 is 0 Å². The molecule has 0 radical (unpaired) electrons. The number of piperazine rings is 1. The molecule has 1 saturated heterocycles. The average Bonchev–Trinajstić information content (AvgIpc) is 3.38. The lowest BCUT2D eigenvalue weighted by atomic mass is 10.2. The summed E-state index contributed by atoms with van der Waals surface area (Å²) in [5.74, 6) is 0.427. The van der Waals surface area contributed by atoms with Gasteiger partial charge in [-0.3, -0.25) is 9.69 Å². The van der Waals surface area contributed by atoms with Gasteiger partial charge in [0.1, 0.15) is 5.69 Å². The first-order valence-corrected chi connectivity index (χ1v) is 9.70. The maximum atomic E-state index is 12.6. The van der Waals surface area contributed by atoms with Gasteiger partial charge in [0.15, 0.2) is 11.5 Å². The Morgan fingerprint density at radius 1 is 1.21 bits per heavy atom. The number of amides is 1. The molecule has 4 rings (SSSR count). The van der Waals surface area contributed by atoms with Crippen LogP contribution in [-0.4, -0.2) is 59.9 Å². The lowest BCUT2D eigenvalue weighted by Gasteiger charge is -2.26. The van der Waals surface area contributed by atoms with Crippen molar-refractivity contribution in [3.8, 4) is 17.1 Å². The van der Waals surface area contributed by atoms with Crippen LogP contribution < -0.4 is 10.6 Å². The second kappa shape index (κ2) is 8.60. The number of halogens is 1. The number of benzene rings is 1. The van der Waals surface area contributed by atoms with E-state index in [1.54, 1.807) is 35.2 Å². The van der Waals surface area contributed by atoms with Gasteiger partial charge in [0.05, 0.1) is 12.0 Å². The van der Waals surface area contributed by atoms with Gasteiger partial charge in [-0.2, -0.15) is 5.10 Å². The molecule has 1 aliphatic rings. The standard InChI is InChI=1S/C20H22ClN5O2/c21-15-3-1-4-16(13-15)26-18(19-5-2-12-28-19)14-17(24-26)20(27)23-8-11-25-9-6-22-7-10-25/h1-5,12-14,22H,6-11H2,(H,23,27). The van der Waals surface area contributed by atoms with Crippen molar-refractivity contribution in [2.75, 3.05) is 39.3 Å². The number of carbonyl (C=O) groups excluding carboxylic acids is 1. The summed E-state index contributed by atoms with van der Waals surface area (Å²) in [4.78, 5) is 15.0. The molecule has 3 aromatic rings. The highest BCUT2D eigenvalue weighted by Gasteiger charge is 2.18. The molecule has 2 aromatic heterocycles. The Balaban J connectivity index is 1.52. The van der Waals surface area contributed by atoms with Crippen LogP contribution in [0.5, 0.6) is 0 Å². The van der Waals surface area contributed by atoms with Crippen molar-refractivity contribution in [1.29, 1.82) is 0 Å². The van der Waals surface area contributed by atoms with E-state index in [9.17, 15) is 4.79 Å². The summed E-state index contributed by atoms with van der Waals surface area (Å²) in [7, 11) is 0. The van der Waals surface area contributed by atoms with E-state index in [1.807, 2.05) is 18.2 Å². The number of hydrogen-bond donors (Lipinski definition) is 2. The first kappa shape index (κ1) is 18.7. The monoisotopic (exact) mass is 399 g/mol. The molecule has 0 saturated carbocycles. The van der Waals surface area contributed by atoms with E-state index in [2.05, 4.69) is 20.6 Å². The quantitative estimate of drug-likeness (QED) is 0.665. The summed E-state index contributed by atoms with van der Waals surface area (Å²) in [6.45, 7) is 5.39. The second-order valence-corrected chi connectivity index (χ2v) is 7.07. The van der Waals surface area contributed by atoms with E-state index in [0.29, 0.717) is 28.7 Å². The summed E-state index contributed by atoms with van der Waals surface area (Å²) < 4.78 is 7.20. The Kier molecular flexibility index (Phi) is 5.76. The van der Waals surface area contributed by atoms with Gasteiger partial charge in [0.25, 0.3) is 5.91 Å². The lowest BCUT2D eigenvalue weighted by molar-refractivity contribution is 0.0942. The summed E-state index contributed by atoms with van der Waals surface area (Å²) in [5, 5.41) is 11.4. The average molecular weight is 400 g/mol. The molecule has 28 heavy (non-hydrogen) atoms. The zero-order valence-electron chi connectivity index (χ0n) is 15.4. The largest absolute Gasteiger partial charge is 0.463 e. The molecule has 0 aliphatic carbocycles. The molecule has 7 nitrogen and oxygen atoms in total. The molecule has 1 aliphatic heterocycles. The van der Waals surface area contributed by atoms with Crippen LogP contribution in [0.3, 0.4) is 0 Å². The van der Waals surface area contributed by atoms with Crippen molar-refractivity contribution in [2.45, 2.75) is 0 Å². The molecule has 1 amide bonds. The Bertz CT molecular complexity index is 932. The predicted molar refractivity (Wildman–Crippen MR) is 108 cm³/mol. The smallest absolute Gasteiger partial charge is 0.271 e. The number of nitrogens with one attached hydrogen (secondary N) is 2. The van der Waals surface area contributed by atoms with Gasteiger partial charge in [-0.25, -0.2) is 4.68 Å². The van der Waals surface area contributed by atoms with Crippen LogP contribution in [-0.2, 0) is 0 Å². The molecule has 0 bridgehead atoms. The molecule has 2 N–H and O–H groups in total. The van der Waals surface area contributed by atoms with Crippen LogP contribution in [0.4, 0.5) is 0 Å². The summed E-state index contributed by atoms with van der Waals surface area (Å²) in [5.41, 5.74) is 1.80. The number of hydrogen-bond acceptors (Lipinski definition) is 5. The highest BCUT2D eigenvalue weighted by atomic mass is 35.5. The minimum atomic E-state index is -0.205. The normalized spacial score (nSPS) is 14.9. The van der Waals surface area contributed by atoms with E-state index >= 15 is 0 Å². The van der Waals surface area contributed by atoms with Crippen molar-refractivity contribution in [3.63, 3.8) is 0 Å².